The Morgan fingerprint density at radius 3 is 2.92 bits per heavy atom. The molecule has 4 rings (SSSR count). The van der Waals surface area contributed by atoms with Crippen molar-refractivity contribution in [1.82, 2.24) is 24.8 Å². The van der Waals surface area contributed by atoms with Crippen LogP contribution in [0.15, 0.2) is 24.4 Å². The molecule has 25 heavy (non-hydrogen) atoms. The van der Waals surface area contributed by atoms with Gasteiger partial charge in [-0.25, -0.2) is 0 Å². The number of nitrogens with one attached hydrogen (secondary N) is 1. The van der Waals surface area contributed by atoms with Gasteiger partial charge in [-0.2, -0.15) is 0 Å². The fraction of sp³-hybridized carbons (Fsp3) is 0.556. The maximum Gasteiger partial charge on any atom is 0.223 e. The number of amides is 2. The van der Waals surface area contributed by atoms with Crippen molar-refractivity contribution in [2.75, 3.05) is 13.1 Å². The normalized spacial score (nSPS) is 20.2. The summed E-state index contributed by atoms with van der Waals surface area (Å²) in [5.41, 5.74) is 0.805. The molecule has 1 unspecified atom stereocenters. The van der Waals surface area contributed by atoms with Crippen LogP contribution in [-0.4, -0.2) is 44.4 Å². The van der Waals surface area contributed by atoms with Crippen LogP contribution < -0.4 is 5.32 Å². The van der Waals surface area contributed by atoms with Crippen LogP contribution in [-0.2, 0) is 9.59 Å². The monoisotopic (exact) mass is 341 g/mol. The number of fused-ring (bicyclic) bond motifs is 1. The molecule has 2 aromatic heterocycles. The lowest BCUT2D eigenvalue weighted by Gasteiger charge is -2.23. The van der Waals surface area contributed by atoms with Crippen molar-refractivity contribution < 1.29 is 9.59 Å². The molecule has 1 aliphatic heterocycles. The van der Waals surface area contributed by atoms with Crippen LogP contribution in [0.2, 0.25) is 0 Å². The second-order valence-corrected chi connectivity index (χ2v) is 6.90. The number of likely N-dealkylation sites (tertiary alicyclic amines) is 1. The fourth-order valence-electron chi connectivity index (χ4n) is 3.51. The van der Waals surface area contributed by atoms with E-state index in [4.69, 9.17) is 0 Å². The van der Waals surface area contributed by atoms with Gasteiger partial charge < -0.3 is 10.2 Å². The zero-order chi connectivity index (χ0) is 17.2. The Hall–Kier alpha value is -2.44. The molecule has 2 amide bonds. The summed E-state index contributed by atoms with van der Waals surface area (Å²) in [5.74, 6) is 1.33. The van der Waals surface area contributed by atoms with Gasteiger partial charge in [0.1, 0.15) is 0 Å². The predicted molar refractivity (Wildman–Crippen MR) is 91.6 cm³/mol. The van der Waals surface area contributed by atoms with Gasteiger partial charge in [0.15, 0.2) is 11.5 Å². The summed E-state index contributed by atoms with van der Waals surface area (Å²) in [6.07, 6.45) is 6.99. The molecule has 1 saturated carbocycles. The number of carbonyl (C=O) groups is 2. The molecule has 2 aliphatic rings. The van der Waals surface area contributed by atoms with Crippen LogP contribution >= 0.6 is 0 Å². The topological polar surface area (TPSA) is 79.6 Å². The van der Waals surface area contributed by atoms with Crippen molar-refractivity contribution in [3.63, 3.8) is 0 Å². The molecule has 1 aliphatic carbocycles. The van der Waals surface area contributed by atoms with Gasteiger partial charge in [-0.3, -0.25) is 14.0 Å². The van der Waals surface area contributed by atoms with Gasteiger partial charge in [0.25, 0.3) is 0 Å². The van der Waals surface area contributed by atoms with E-state index in [-0.39, 0.29) is 23.8 Å². The fourth-order valence-corrected chi connectivity index (χ4v) is 3.51. The molecule has 1 N–H and O–H groups in total. The van der Waals surface area contributed by atoms with Crippen LogP contribution in [0.4, 0.5) is 0 Å². The third-order valence-electron chi connectivity index (χ3n) is 5.03. The molecule has 1 saturated heterocycles. The lowest BCUT2D eigenvalue weighted by Crippen LogP contribution is -2.32. The van der Waals surface area contributed by atoms with E-state index in [1.807, 2.05) is 33.7 Å². The lowest BCUT2D eigenvalue weighted by atomic mass is 10.2. The van der Waals surface area contributed by atoms with Crippen molar-refractivity contribution in [3.8, 4) is 0 Å². The highest BCUT2D eigenvalue weighted by Crippen LogP contribution is 2.32. The number of nitrogens with zero attached hydrogens (tertiary/aromatic N) is 4. The summed E-state index contributed by atoms with van der Waals surface area (Å²) in [5, 5.41) is 11.4. The Balaban J connectivity index is 1.35. The first-order valence-electron chi connectivity index (χ1n) is 9.11. The van der Waals surface area contributed by atoms with Crippen LogP contribution in [0.25, 0.3) is 5.65 Å². The Kier molecular flexibility index (Phi) is 4.38. The van der Waals surface area contributed by atoms with Gasteiger partial charge in [0.05, 0.1) is 6.04 Å². The molecule has 7 heteroatoms. The lowest BCUT2D eigenvalue weighted by molar-refractivity contribution is -0.132. The average Bonchev–Trinajstić information content (AvgIpc) is 3.22. The average molecular weight is 341 g/mol. The van der Waals surface area contributed by atoms with E-state index in [1.54, 1.807) is 0 Å². The molecular formula is C18H23N5O2. The molecule has 0 aromatic carbocycles. The SMILES string of the molecule is O=C(NCCCC(=O)N1CCCC1c1nnc2ccccn12)C1CC1. The molecule has 2 fully saturated rings. The maximum absolute atomic E-state index is 12.6. The van der Waals surface area contributed by atoms with Crippen molar-refractivity contribution in [3.05, 3.63) is 30.2 Å². The highest BCUT2D eigenvalue weighted by molar-refractivity contribution is 5.81. The van der Waals surface area contributed by atoms with Crippen LogP contribution in [0.3, 0.4) is 0 Å². The number of carbonyl (C=O) groups excluding carboxylic acids is 2. The smallest absolute Gasteiger partial charge is 0.223 e. The summed E-state index contributed by atoms with van der Waals surface area (Å²) in [7, 11) is 0. The van der Waals surface area contributed by atoms with Gasteiger partial charge in [0.2, 0.25) is 11.8 Å². The van der Waals surface area contributed by atoms with Crippen LogP contribution in [0.1, 0.15) is 50.4 Å². The molecule has 132 valence electrons. The largest absolute Gasteiger partial charge is 0.356 e. The predicted octanol–water partition coefficient (Wildman–Crippen LogP) is 1.70. The van der Waals surface area contributed by atoms with E-state index in [9.17, 15) is 9.59 Å². The quantitative estimate of drug-likeness (QED) is 0.811. The first-order chi connectivity index (χ1) is 12.2. The number of rotatable bonds is 6. The summed E-state index contributed by atoms with van der Waals surface area (Å²) >= 11 is 0. The van der Waals surface area contributed by atoms with E-state index in [2.05, 4.69) is 15.5 Å². The number of hydrogen-bond donors (Lipinski definition) is 1. The highest BCUT2D eigenvalue weighted by atomic mass is 16.2. The molecule has 1 atom stereocenters. The Morgan fingerprint density at radius 1 is 1.20 bits per heavy atom. The second kappa shape index (κ2) is 6.82. The second-order valence-electron chi connectivity index (χ2n) is 6.90. The summed E-state index contributed by atoms with van der Waals surface area (Å²) in [6.45, 7) is 1.34. The van der Waals surface area contributed by atoms with Gasteiger partial charge in [-0.1, -0.05) is 6.07 Å². The summed E-state index contributed by atoms with van der Waals surface area (Å²) in [6, 6.07) is 5.79. The zero-order valence-electron chi connectivity index (χ0n) is 14.2. The minimum absolute atomic E-state index is 0.00837. The van der Waals surface area contributed by atoms with Gasteiger partial charge >= 0.3 is 0 Å². The van der Waals surface area contributed by atoms with Gasteiger partial charge in [-0.05, 0) is 44.2 Å². The van der Waals surface area contributed by atoms with Crippen molar-refractivity contribution >= 4 is 17.5 Å². The Labute approximate surface area is 146 Å². The Morgan fingerprint density at radius 2 is 2.08 bits per heavy atom. The first-order valence-corrected chi connectivity index (χ1v) is 9.11. The molecule has 3 heterocycles. The molecule has 0 radical (unpaired) electrons. The molecule has 0 bridgehead atoms. The molecule has 0 spiro atoms. The summed E-state index contributed by atoms with van der Waals surface area (Å²) in [4.78, 5) is 26.2. The van der Waals surface area contributed by atoms with Crippen molar-refractivity contribution in [2.45, 2.75) is 44.6 Å². The molecular weight excluding hydrogens is 318 g/mol. The van der Waals surface area contributed by atoms with E-state index in [0.717, 1.165) is 43.7 Å². The van der Waals surface area contributed by atoms with Crippen LogP contribution in [0.5, 0.6) is 0 Å². The minimum Gasteiger partial charge on any atom is -0.356 e. The maximum atomic E-state index is 12.6. The third kappa shape index (κ3) is 3.36. The molecule has 2 aromatic rings. The zero-order valence-corrected chi connectivity index (χ0v) is 14.2. The summed E-state index contributed by atoms with van der Waals surface area (Å²) < 4.78 is 1.96. The number of aromatic nitrogens is 3. The first kappa shape index (κ1) is 16.1. The van der Waals surface area contributed by atoms with Gasteiger partial charge in [-0.15, -0.1) is 10.2 Å². The molecule has 7 nitrogen and oxygen atoms in total. The highest BCUT2D eigenvalue weighted by Gasteiger charge is 2.33. The number of pyridine rings is 1. The minimum atomic E-state index is -0.00837. The van der Waals surface area contributed by atoms with Crippen LogP contribution in [0, 0.1) is 5.92 Å². The van der Waals surface area contributed by atoms with E-state index in [0.29, 0.717) is 19.4 Å². The van der Waals surface area contributed by atoms with Gasteiger partial charge in [0, 0.05) is 31.6 Å². The number of hydrogen-bond acceptors (Lipinski definition) is 4. The van der Waals surface area contributed by atoms with E-state index < -0.39 is 0 Å². The standard InChI is InChI=1S/C18H23N5O2/c24-16(7-3-10-19-18(25)13-8-9-13)22-12-4-5-14(22)17-21-20-15-6-1-2-11-23(15)17/h1-2,6,11,13-14H,3-5,7-10,12H2,(H,19,25). The van der Waals surface area contributed by atoms with E-state index >= 15 is 0 Å². The third-order valence-corrected chi connectivity index (χ3v) is 5.03. The van der Waals surface area contributed by atoms with Crippen molar-refractivity contribution in [2.24, 2.45) is 5.92 Å². The van der Waals surface area contributed by atoms with Crippen molar-refractivity contribution in [1.29, 1.82) is 0 Å². The van der Waals surface area contributed by atoms with E-state index in [1.165, 1.54) is 0 Å². The Bertz CT molecular complexity index is 783.